The second-order valence-electron chi connectivity index (χ2n) is 5.48. The Morgan fingerprint density at radius 2 is 2.00 bits per heavy atom. The molecule has 0 saturated heterocycles. The zero-order valence-electron chi connectivity index (χ0n) is 8.22. The molecule has 12 heavy (non-hydrogen) atoms. The number of aliphatic imine (C=N–C) groups is 1. The molecule has 2 rings (SSSR count). The van der Waals surface area contributed by atoms with Gasteiger partial charge in [0.1, 0.15) is 5.84 Å². The molecule has 0 aromatic heterocycles. The summed E-state index contributed by atoms with van der Waals surface area (Å²) in [7, 11) is 0. The first-order valence-electron chi connectivity index (χ1n) is 4.75. The van der Waals surface area contributed by atoms with Crippen molar-refractivity contribution in [3.8, 4) is 0 Å². The zero-order valence-corrected chi connectivity index (χ0v) is 8.22. The fourth-order valence-electron chi connectivity index (χ4n) is 3.07. The van der Waals surface area contributed by atoms with Crippen molar-refractivity contribution in [3.05, 3.63) is 0 Å². The van der Waals surface area contributed by atoms with Crippen molar-refractivity contribution in [2.45, 2.75) is 46.1 Å². The fraction of sp³-hybridized carbons (Fsp3) is 0.900. The van der Waals surface area contributed by atoms with E-state index in [9.17, 15) is 0 Å². The molecule has 0 aromatic carbocycles. The second-order valence-corrected chi connectivity index (χ2v) is 5.48. The summed E-state index contributed by atoms with van der Waals surface area (Å²) in [5, 5.41) is 0. The lowest BCUT2D eigenvalue weighted by Gasteiger charge is -2.39. The Morgan fingerprint density at radius 3 is 2.58 bits per heavy atom. The van der Waals surface area contributed by atoms with Gasteiger partial charge in [0.2, 0.25) is 0 Å². The van der Waals surface area contributed by atoms with E-state index in [0.29, 0.717) is 11.5 Å². The molecule has 2 N–H and O–H groups in total. The van der Waals surface area contributed by atoms with Gasteiger partial charge in [-0.1, -0.05) is 20.8 Å². The van der Waals surface area contributed by atoms with Gasteiger partial charge in [-0.2, -0.15) is 0 Å². The van der Waals surface area contributed by atoms with Crippen LogP contribution in [0.2, 0.25) is 0 Å². The van der Waals surface area contributed by atoms with E-state index in [1.807, 2.05) is 0 Å². The summed E-state index contributed by atoms with van der Waals surface area (Å²) in [6, 6.07) is 0.513. The molecule has 1 fully saturated rings. The molecule has 2 heteroatoms. The number of nitrogens with zero attached hydrogens (tertiary/aromatic N) is 1. The Hall–Kier alpha value is -0.530. The van der Waals surface area contributed by atoms with E-state index >= 15 is 0 Å². The number of hydrogen-bond donors (Lipinski definition) is 1. The first-order chi connectivity index (χ1) is 5.41. The zero-order chi connectivity index (χ0) is 8.98. The minimum atomic E-state index is 0.215. The minimum Gasteiger partial charge on any atom is -0.387 e. The van der Waals surface area contributed by atoms with Gasteiger partial charge in [-0.15, -0.1) is 0 Å². The molecule has 1 heterocycles. The van der Waals surface area contributed by atoms with Crippen LogP contribution in [0.4, 0.5) is 0 Å². The van der Waals surface area contributed by atoms with Gasteiger partial charge in [0, 0.05) is 5.41 Å². The number of nitrogens with two attached hydrogens (primary N) is 1. The maximum absolute atomic E-state index is 5.93. The lowest BCUT2D eigenvalue weighted by atomic mass is 9.64. The van der Waals surface area contributed by atoms with Gasteiger partial charge in [-0.05, 0) is 24.7 Å². The van der Waals surface area contributed by atoms with Gasteiger partial charge < -0.3 is 5.73 Å². The van der Waals surface area contributed by atoms with Crippen molar-refractivity contribution in [1.82, 2.24) is 0 Å². The number of rotatable bonds is 0. The molecule has 68 valence electrons. The molecular formula is C10H18N2. The molecule has 1 saturated carbocycles. The first kappa shape index (κ1) is 8.09. The van der Waals surface area contributed by atoms with E-state index in [4.69, 9.17) is 5.73 Å². The Kier molecular flexibility index (Phi) is 1.37. The molecule has 0 radical (unpaired) electrons. The van der Waals surface area contributed by atoms with Crippen LogP contribution in [0.3, 0.4) is 0 Å². The highest BCUT2D eigenvalue weighted by molar-refractivity contribution is 5.88. The average molecular weight is 166 g/mol. The van der Waals surface area contributed by atoms with Crippen molar-refractivity contribution >= 4 is 5.84 Å². The van der Waals surface area contributed by atoms with Crippen molar-refractivity contribution in [3.63, 3.8) is 0 Å². The second kappa shape index (κ2) is 2.04. The third-order valence-electron chi connectivity index (χ3n) is 3.28. The predicted molar refractivity (Wildman–Crippen MR) is 51.1 cm³/mol. The summed E-state index contributed by atoms with van der Waals surface area (Å²) in [5.41, 5.74) is 6.57. The van der Waals surface area contributed by atoms with Gasteiger partial charge in [0.25, 0.3) is 0 Å². The van der Waals surface area contributed by atoms with Crippen LogP contribution in [0, 0.1) is 10.8 Å². The Balaban J connectivity index is 2.30. The number of fused-ring (bicyclic) bond motifs is 2. The Labute approximate surface area is 74.2 Å². The molecule has 2 nitrogen and oxygen atoms in total. The van der Waals surface area contributed by atoms with Gasteiger partial charge in [0.05, 0.1) is 6.04 Å². The summed E-state index contributed by atoms with van der Waals surface area (Å²) in [6.45, 7) is 6.91. The van der Waals surface area contributed by atoms with Crippen molar-refractivity contribution < 1.29 is 0 Å². The number of amidine groups is 1. The van der Waals surface area contributed by atoms with Gasteiger partial charge in [0.15, 0.2) is 0 Å². The minimum absolute atomic E-state index is 0.215. The summed E-state index contributed by atoms with van der Waals surface area (Å²) in [6.07, 6.45) is 3.59. The summed E-state index contributed by atoms with van der Waals surface area (Å²) < 4.78 is 0. The van der Waals surface area contributed by atoms with Crippen molar-refractivity contribution in [2.75, 3.05) is 0 Å². The lowest BCUT2D eigenvalue weighted by molar-refractivity contribution is 0.152. The van der Waals surface area contributed by atoms with Gasteiger partial charge in [-0.25, -0.2) is 0 Å². The first-order valence-corrected chi connectivity index (χ1v) is 4.75. The fourth-order valence-corrected chi connectivity index (χ4v) is 3.07. The summed E-state index contributed by atoms with van der Waals surface area (Å²) in [4.78, 5) is 4.51. The molecular weight excluding hydrogens is 148 g/mol. The highest BCUT2D eigenvalue weighted by Crippen LogP contribution is 2.50. The molecule has 2 aliphatic rings. The topological polar surface area (TPSA) is 38.4 Å². The molecule has 1 aliphatic heterocycles. The maximum atomic E-state index is 5.93. The molecule has 0 spiro atoms. The molecule has 0 aromatic rings. The van der Waals surface area contributed by atoms with E-state index in [1.165, 1.54) is 19.3 Å². The predicted octanol–water partition coefficient (Wildman–Crippen LogP) is 1.94. The van der Waals surface area contributed by atoms with Crippen LogP contribution in [0.5, 0.6) is 0 Å². The van der Waals surface area contributed by atoms with Crippen LogP contribution in [-0.2, 0) is 0 Å². The molecule has 2 atom stereocenters. The average Bonchev–Trinajstić information content (AvgIpc) is 1.99. The lowest BCUT2D eigenvalue weighted by Crippen LogP contribution is -2.39. The quantitative estimate of drug-likeness (QED) is 0.587. The number of hydrogen-bond acceptors (Lipinski definition) is 2. The van der Waals surface area contributed by atoms with E-state index in [2.05, 4.69) is 25.8 Å². The van der Waals surface area contributed by atoms with Crippen LogP contribution in [0.1, 0.15) is 40.0 Å². The van der Waals surface area contributed by atoms with Crippen molar-refractivity contribution in [2.24, 2.45) is 21.6 Å². The van der Waals surface area contributed by atoms with E-state index in [1.54, 1.807) is 0 Å². The smallest absolute Gasteiger partial charge is 0.100 e. The highest BCUT2D eigenvalue weighted by Gasteiger charge is 2.47. The maximum Gasteiger partial charge on any atom is 0.100 e. The molecule has 0 amide bonds. The normalized spacial score (nSPS) is 44.2. The Bertz CT molecular complexity index is 242. The van der Waals surface area contributed by atoms with Crippen molar-refractivity contribution in [1.29, 1.82) is 0 Å². The third-order valence-corrected chi connectivity index (χ3v) is 3.28. The van der Waals surface area contributed by atoms with E-state index < -0.39 is 0 Å². The standard InChI is InChI=1S/C10H18N2/c1-9(2)4-7-5-10(3,6-9)8(11)12-7/h7H,4-6H2,1-3H3,(H2,11,12). The monoisotopic (exact) mass is 166 g/mol. The van der Waals surface area contributed by atoms with Gasteiger partial charge >= 0.3 is 0 Å². The molecule has 1 aliphatic carbocycles. The summed E-state index contributed by atoms with van der Waals surface area (Å²) in [5.74, 6) is 0.901. The largest absolute Gasteiger partial charge is 0.387 e. The SMILES string of the molecule is CC1(C)CC2CC(C)(C1)C(N)=N2. The van der Waals surface area contributed by atoms with E-state index in [0.717, 1.165) is 5.84 Å². The molecule has 2 bridgehead atoms. The van der Waals surface area contributed by atoms with Gasteiger partial charge in [-0.3, -0.25) is 4.99 Å². The molecule has 2 unspecified atom stereocenters. The van der Waals surface area contributed by atoms with Crippen LogP contribution < -0.4 is 5.73 Å². The van der Waals surface area contributed by atoms with E-state index in [-0.39, 0.29) is 5.41 Å². The van der Waals surface area contributed by atoms with Crippen LogP contribution >= 0.6 is 0 Å². The highest BCUT2D eigenvalue weighted by atomic mass is 15.0. The van der Waals surface area contributed by atoms with Crippen LogP contribution in [0.15, 0.2) is 4.99 Å². The van der Waals surface area contributed by atoms with Crippen LogP contribution in [0.25, 0.3) is 0 Å². The third kappa shape index (κ3) is 1.05. The summed E-state index contributed by atoms with van der Waals surface area (Å²) >= 11 is 0. The Morgan fingerprint density at radius 1 is 1.33 bits per heavy atom. The van der Waals surface area contributed by atoms with Crippen LogP contribution in [-0.4, -0.2) is 11.9 Å².